The second kappa shape index (κ2) is 9.55. The quantitative estimate of drug-likeness (QED) is 0.192. The number of ether oxygens (including phenoxy) is 1. The maximum Gasteiger partial charge on any atom is 0.455 e. The van der Waals surface area contributed by atoms with Crippen LogP contribution in [-0.4, -0.2) is 94.9 Å². The van der Waals surface area contributed by atoms with Crippen molar-refractivity contribution in [3.8, 4) is 11.5 Å². The third-order valence-electron chi connectivity index (χ3n) is 5.98. The predicted molar refractivity (Wildman–Crippen MR) is 117 cm³/mol. The maximum absolute atomic E-state index is 12.2. The molecule has 2 aliphatic rings. The van der Waals surface area contributed by atoms with Crippen LogP contribution in [0.15, 0.2) is 12.1 Å². The number of carboxylic acid groups (broad SMARTS) is 1. The summed E-state index contributed by atoms with van der Waals surface area (Å²) < 4.78 is 5.78. The van der Waals surface area contributed by atoms with Crippen LogP contribution >= 0.6 is 0 Å². The minimum atomic E-state index is -1.53. The molecule has 1 aliphatic carbocycles. The number of likely N-dealkylation sites (tertiary alicyclic amines) is 1. The minimum Gasteiger partial charge on any atom is -0.507 e. The predicted octanol–water partition coefficient (Wildman–Crippen LogP) is -1.94. The molecule has 2 fully saturated rings. The molecule has 12 nitrogen and oxygen atoms in total. The Kier molecular flexibility index (Phi) is 7.17. The third kappa shape index (κ3) is 5.56. The second-order valence-corrected chi connectivity index (χ2v) is 8.81. The van der Waals surface area contributed by atoms with Crippen LogP contribution in [0.4, 0.5) is 0 Å². The standard InChI is InChI=1S/C20H29BN4O8/c1-20(22,19(30)24-6-15(26)23-2)9-25-7-10(8-25)33-14-4-3-11(12-5-13(12)21(31)32)17(27)16(14)18(28)29/h3-4,10,12-13,27,31-32H,5-9,22H2,1-2H3,(H,23,26)(H,24,30)(H,28,29)/t12-,13-,20-/m0/s1. The van der Waals surface area contributed by atoms with Crippen molar-refractivity contribution in [1.82, 2.24) is 15.5 Å². The lowest BCUT2D eigenvalue weighted by atomic mass is 9.81. The van der Waals surface area contributed by atoms with Gasteiger partial charge in [-0.25, -0.2) is 4.79 Å². The molecule has 1 aliphatic heterocycles. The van der Waals surface area contributed by atoms with Crippen LogP contribution in [0.5, 0.6) is 11.5 Å². The van der Waals surface area contributed by atoms with Gasteiger partial charge in [-0.15, -0.1) is 0 Å². The Bertz CT molecular complexity index is 935. The lowest BCUT2D eigenvalue weighted by Gasteiger charge is -2.42. The van der Waals surface area contributed by atoms with E-state index in [9.17, 15) is 34.6 Å². The molecule has 1 saturated carbocycles. The Hall–Kier alpha value is -2.87. The molecule has 0 radical (unpaired) electrons. The molecule has 2 amide bonds. The number of nitrogens with two attached hydrogens (primary N) is 1. The van der Waals surface area contributed by atoms with Gasteiger partial charge in [0, 0.05) is 32.5 Å². The van der Waals surface area contributed by atoms with E-state index >= 15 is 0 Å². The first kappa shape index (κ1) is 24.8. The summed E-state index contributed by atoms with van der Waals surface area (Å²) in [5.74, 6) is -3.37. The van der Waals surface area contributed by atoms with Crippen LogP contribution in [0, 0.1) is 0 Å². The van der Waals surface area contributed by atoms with Crippen LogP contribution in [0.25, 0.3) is 0 Å². The number of aromatic carboxylic acids is 1. The molecule has 1 saturated heterocycles. The lowest BCUT2D eigenvalue weighted by Crippen LogP contribution is -2.64. The van der Waals surface area contributed by atoms with Gasteiger partial charge in [0.1, 0.15) is 28.7 Å². The van der Waals surface area contributed by atoms with E-state index in [1.807, 2.05) is 4.90 Å². The number of carbonyl (C=O) groups excluding carboxylic acids is 2. The molecule has 1 aromatic rings. The van der Waals surface area contributed by atoms with Gasteiger partial charge in [-0.3, -0.25) is 14.5 Å². The van der Waals surface area contributed by atoms with E-state index in [2.05, 4.69) is 10.6 Å². The van der Waals surface area contributed by atoms with Crippen molar-refractivity contribution in [2.45, 2.75) is 36.7 Å². The van der Waals surface area contributed by atoms with E-state index in [1.54, 1.807) is 6.92 Å². The summed E-state index contributed by atoms with van der Waals surface area (Å²) in [6.07, 6.45) is 0.0717. The number of amides is 2. The fourth-order valence-corrected chi connectivity index (χ4v) is 3.99. The molecule has 1 aromatic carbocycles. The number of carboxylic acids is 1. The number of benzene rings is 1. The van der Waals surface area contributed by atoms with Crippen LogP contribution < -0.4 is 21.1 Å². The first-order valence-electron chi connectivity index (χ1n) is 10.6. The number of hydrogen-bond donors (Lipinski definition) is 7. The number of likely N-dealkylation sites (N-methyl/N-ethyl adjacent to an activating group) is 1. The van der Waals surface area contributed by atoms with Gasteiger partial charge >= 0.3 is 13.1 Å². The van der Waals surface area contributed by atoms with Gasteiger partial charge < -0.3 is 41.4 Å². The number of carbonyl (C=O) groups is 3. The van der Waals surface area contributed by atoms with E-state index in [-0.39, 0.29) is 42.3 Å². The molecule has 0 bridgehead atoms. The number of rotatable bonds is 10. The highest BCUT2D eigenvalue weighted by Gasteiger charge is 2.48. The van der Waals surface area contributed by atoms with Gasteiger partial charge in [0.2, 0.25) is 11.8 Å². The van der Waals surface area contributed by atoms with Crippen molar-refractivity contribution in [1.29, 1.82) is 0 Å². The van der Waals surface area contributed by atoms with E-state index in [0.717, 1.165) is 0 Å². The SMILES string of the molecule is CNC(=O)CNC(=O)[C@@](C)(N)CN1CC(Oc2ccc([C@@H]3C[C@@H]3B(O)O)c(O)c2C(=O)O)C1. The van der Waals surface area contributed by atoms with Crippen LogP contribution in [0.1, 0.15) is 35.2 Å². The lowest BCUT2D eigenvalue weighted by molar-refractivity contribution is -0.130. The average Bonchev–Trinajstić information content (AvgIpc) is 3.50. The average molecular weight is 464 g/mol. The molecule has 0 aromatic heterocycles. The molecule has 0 unspecified atom stereocenters. The van der Waals surface area contributed by atoms with Crippen molar-refractivity contribution >= 4 is 24.9 Å². The highest BCUT2D eigenvalue weighted by molar-refractivity contribution is 6.44. The molecule has 33 heavy (non-hydrogen) atoms. The van der Waals surface area contributed by atoms with Crippen LogP contribution in [0.3, 0.4) is 0 Å². The highest BCUT2D eigenvalue weighted by Crippen LogP contribution is 2.56. The molecule has 180 valence electrons. The maximum atomic E-state index is 12.2. The van der Waals surface area contributed by atoms with E-state index in [1.165, 1.54) is 19.2 Å². The third-order valence-corrected chi connectivity index (χ3v) is 5.98. The zero-order chi connectivity index (χ0) is 24.5. The molecule has 0 spiro atoms. The minimum absolute atomic E-state index is 0.00831. The summed E-state index contributed by atoms with van der Waals surface area (Å²) in [5.41, 5.74) is 4.81. The molecule has 1 heterocycles. The van der Waals surface area contributed by atoms with Crippen molar-refractivity contribution in [3.05, 3.63) is 23.3 Å². The second-order valence-electron chi connectivity index (χ2n) is 8.81. The fraction of sp³-hybridized carbons (Fsp3) is 0.550. The Balaban J connectivity index is 1.58. The van der Waals surface area contributed by atoms with Crippen molar-refractivity contribution in [2.75, 3.05) is 33.2 Å². The number of hydrogen-bond acceptors (Lipinski definition) is 9. The molecular weight excluding hydrogens is 435 g/mol. The topological polar surface area (TPSA) is 195 Å². The van der Waals surface area contributed by atoms with Crippen LogP contribution in [-0.2, 0) is 9.59 Å². The zero-order valence-corrected chi connectivity index (χ0v) is 18.4. The van der Waals surface area contributed by atoms with Gasteiger partial charge in [-0.1, -0.05) is 6.07 Å². The number of aromatic hydroxyl groups is 1. The van der Waals surface area contributed by atoms with Gasteiger partial charge in [-0.05, 0) is 30.9 Å². The summed E-state index contributed by atoms with van der Waals surface area (Å²) >= 11 is 0. The van der Waals surface area contributed by atoms with Crippen molar-refractivity contribution < 1.29 is 39.4 Å². The fourth-order valence-electron chi connectivity index (χ4n) is 3.99. The zero-order valence-electron chi connectivity index (χ0n) is 18.4. The highest BCUT2D eigenvalue weighted by atomic mass is 16.5. The van der Waals surface area contributed by atoms with Gasteiger partial charge in [0.05, 0.1) is 6.54 Å². The van der Waals surface area contributed by atoms with E-state index in [4.69, 9.17) is 10.5 Å². The molecule has 3 atom stereocenters. The molecule has 13 heteroatoms. The number of phenols is 1. The monoisotopic (exact) mass is 464 g/mol. The van der Waals surface area contributed by atoms with Crippen molar-refractivity contribution in [3.63, 3.8) is 0 Å². The largest absolute Gasteiger partial charge is 0.507 e. The first-order chi connectivity index (χ1) is 15.4. The molecule has 8 N–H and O–H groups in total. The molecular formula is C20H29BN4O8. The Morgan fingerprint density at radius 3 is 2.52 bits per heavy atom. The smallest absolute Gasteiger partial charge is 0.455 e. The van der Waals surface area contributed by atoms with E-state index in [0.29, 0.717) is 25.1 Å². The van der Waals surface area contributed by atoms with Crippen LogP contribution in [0.2, 0.25) is 5.82 Å². The van der Waals surface area contributed by atoms with Crippen molar-refractivity contribution in [2.24, 2.45) is 5.73 Å². The Labute approximate surface area is 190 Å². The van der Waals surface area contributed by atoms with E-state index < -0.39 is 36.1 Å². The van der Waals surface area contributed by atoms with Gasteiger partial charge in [-0.2, -0.15) is 0 Å². The molecule has 3 rings (SSSR count). The number of nitrogens with zero attached hydrogens (tertiary/aromatic N) is 1. The normalized spacial score (nSPS) is 22.0. The first-order valence-corrected chi connectivity index (χ1v) is 10.6. The van der Waals surface area contributed by atoms with Gasteiger partial charge in [0.25, 0.3) is 0 Å². The Morgan fingerprint density at radius 1 is 1.30 bits per heavy atom. The summed E-state index contributed by atoms with van der Waals surface area (Å²) in [5, 5.41) is 43.5. The van der Waals surface area contributed by atoms with Gasteiger partial charge in [0.15, 0.2) is 0 Å². The summed E-state index contributed by atoms with van der Waals surface area (Å²) in [6, 6.07) is 2.99. The summed E-state index contributed by atoms with van der Waals surface area (Å²) in [6.45, 7) is 2.35. The summed E-state index contributed by atoms with van der Waals surface area (Å²) in [7, 11) is -0.0691. The number of nitrogens with one attached hydrogen (secondary N) is 2. The Morgan fingerprint density at radius 2 is 1.97 bits per heavy atom. The summed E-state index contributed by atoms with van der Waals surface area (Å²) in [4.78, 5) is 37.1.